The number of aliphatic hydroxyl groups excluding tert-OH is 1. The topological polar surface area (TPSA) is 50.4 Å². The third kappa shape index (κ3) is 1.89. The third-order valence-electron chi connectivity index (χ3n) is 2.27. The van der Waals surface area contributed by atoms with Crippen LogP contribution in [0.1, 0.15) is 30.2 Å². The summed E-state index contributed by atoms with van der Waals surface area (Å²) < 4.78 is 1.76. The van der Waals surface area contributed by atoms with Crippen LogP contribution in [0.25, 0.3) is 4.96 Å². The predicted molar refractivity (Wildman–Crippen MR) is 60.1 cm³/mol. The first kappa shape index (κ1) is 10.6. The Hall–Kier alpha value is -0.940. The molecule has 0 amide bonds. The van der Waals surface area contributed by atoms with Crippen molar-refractivity contribution < 1.29 is 5.11 Å². The van der Waals surface area contributed by atoms with Crippen molar-refractivity contribution in [3.05, 3.63) is 16.4 Å². The van der Waals surface area contributed by atoms with Crippen LogP contribution < -0.4 is 0 Å². The van der Waals surface area contributed by atoms with Crippen LogP contribution in [0, 0.1) is 12.8 Å². The molecule has 1 N–H and O–H groups in total. The van der Waals surface area contributed by atoms with E-state index in [9.17, 15) is 5.11 Å². The summed E-state index contributed by atoms with van der Waals surface area (Å²) in [4.78, 5) is 5.25. The van der Waals surface area contributed by atoms with Crippen LogP contribution in [0.3, 0.4) is 0 Å². The van der Waals surface area contributed by atoms with E-state index in [1.54, 1.807) is 15.9 Å². The van der Waals surface area contributed by atoms with Crippen LogP contribution in [0.4, 0.5) is 0 Å². The molecule has 0 aromatic carbocycles. The molecule has 5 heteroatoms. The van der Waals surface area contributed by atoms with E-state index in [2.05, 4.69) is 23.9 Å². The highest BCUT2D eigenvalue weighted by Gasteiger charge is 2.13. The summed E-state index contributed by atoms with van der Waals surface area (Å²) >= 11 is 1.61. The van der Waals surface area contributed by atoms with Crippen molar-refractivity contribution in [1.82, 2.24) is 14.6 Å². The Bertz CT molecular complexity index is 472. The van der Waals surface area contributed by atoms with Crippen LogP contribution in [0.15, 0.2) is 0 Å². The average Bonchev–Trinajstić information content (AvgIpc) is 2.59. The maximum atomic E-state index is 9.20. The van der Waals surface area contributed by atoms with Crippen LogP contribution in [-0.2, 0) is 13.0 Å². The van der Waals surface area contributed by atoms with Crippen molar-refractivity contribution in [3.8, 4) is 0 Å². The van der Waals surface area contributed by atoms with Crippen molar-refractivity contribution in [2.75, 3.05) is 0 Å². The van der Waals surface area contributed by atoms with Gasteiger partial charge in [0.05, 0.1) is 18.0 Å². The fraction of sp³-hybridized carbons (Fsp3) is 0.600. The molecule has 4 nitrogen and oxygen atoms in total. The minimum Gasteiger partial charge on any atom is -0.390 e. The minimum atomic E-state index is -0.00213. The van der Waals surface area contributed by atoms with Gasteiger partial charge in [0.1, 0.15) is 5.01 Å². The maximum Gasteiger partial charge on any atom is 0.212 e. The van der Waals surface area contributed by atoms with Crippen LogP contribution in [0.5, 0.6) is 0 Å². The molecule has 0 aliphatic heterocycles. The number of hydrogen-bond acceptors (Lipinski definition) is 4. The molecule has 0 radical (unpaired) electrons. The number of aromatic nitrogens is 3. The van der Waals surface area contributed by atoms with E-state index in [0.29, 0.717) is 5.92 Å². The molecule has 0 fully saturated rings. The summed E-state index contributed by atoms with van der Waals surface area (Å²) in [6.45, 7) is 6.23. The monoisotopic (exact) mass is 225 g/mol. The lowest BCUT2D eigenvalue weighted by molar-refractivity contribution is 0.273. The Morgan fingerprint density at radius 3 is 2.80 bits per heavy atom. The molecule has 2 aromatic rings. The molecule has 0 aliphatic rings. The van der Waals surface area contributed by atoms with Crippen LogP contribution in [0.2, 0.25) is 0 Å². The van der Waals surface area contributed by atoms with Crippen molar-refractivity contribution in [2.45, 2.75) is 33.8 Å². The van der Waals surface area contributed by atoms with Gasteiger partial charge in [-0.05, 0) is 12.8 Å². The molecule has 0 spiro atoms. The predicted octanol–water partition coefficient (Wildman–Crippen LogP) is 1.79. The molecule has 0 saturated carbocycles. The molecule has 15 heavy (non-hydrogen) atoms. The second-order valence-electron chi connectivity index (χ2n) is 4.09. The lowest BCUT2D eigenvalue weighted by Gasteiger charge is -1.98. The number of nitrogens with zero attached hydrogens (tertiary/aromatic N) is 3. The molecule has 0 aliphatic carbocycles. The van der Waals surface area contributed by atoms with Gasteiger partial charge in [0.25, 0.3) is 0 Å². The zero-order valence-corrected chi connectivity index (χ0v) is 10.0. The average molecular weight is 225 g/mol. The van der Waals surface area contributed by atoms with Crippen molar-refractivity contribution in [3.63, 3.8) is 0 Å². The van der Waals surface area contributed by atoms with Gasteiger partial charge in [-0.3, -0.25) is 0 Å². The zero-order chi connectivity index (χ0) is 11.0. The molecule has 0 atom stereocenters. The molecule has 0 saturated heterocycles. The van der Waals surface area contributed by atoms with E-state index in [1.807, 2.05) is 6.92 Å². The molecule has 2 rings (SSSR count). The van der Waals surface area contributed by atoms with E-state index >= 15 is 0 Å². The van der Waals surface area contributed by atoms with Gasteiger partial charge in [0.15, 0.2) is 0 Å². The first-order valence-corrected chi connectivity index (χ1v) is 5.88. The summed E-state index contributed by atoms with van der Waals surface area (Å²) in [6.07, 6.45) is 0.970. The van der Waals surface area contributed by atoms with Gasteiger partial charge < -0.3 is 5.11 Å². The van der Waals surface area contributed by atoms with Gasteiger partial charge >= 0.3 is 0 Å². The maximum absolute atomic E-state index is 9.20. The van der Waals surface area contributed by atoms with E-state index in [-0.39, 0.29) is 6.61 Å². The summed E-state index contributed by atoms with van der Waals surface area (Å²) in [5, 5.41) is 14.7. The van der Waals surface area contributed by atoms with Crippen molar-refractivity contribution in [2.24, 2.45) is 5.92 Å². The van der Waals surface area contributed by atoms with E-state index in [1.165, 1.54) is 0 Å². The van der Waals surface area contributed by atoms with Crippen molar-refractivity contribution >= 4 is 16.3 Å². The fourth-order valence-electron chi connectivity index (χ4n) is 1.54. The second kappa shape index (κ2) is 3.90. The van der Waals surface area contributed by atoms with E-state index in [4.69, 9.17) is 0 Å². The first-order chi connectivity index (χ1) is 7.11. The smallest absolute Gasteiger partial charge is 0.212 e. The van der Waals surface area contributed by atoms with Crippen LogP contribution in [-0.4, -0.2) is 19.7 Å². The van der Waals surface area contributed by atoms with Gasteiger partial charge in [-0.15, -0.1) is 0 Å². The Balaban J connectivity index is 2.44. The van der Waals surface area contributed by atoms with Gasteiger partial charge in [0, 0.05) is 6.42 Å². The molecule has 0 bridgehead atoms. The fourth-order valence-corrected chi connectivity index (χ4v) is 2.71. The third-order valence-corrected chi connectivity index (χ3v) is 3.20. The first-order valence-electron chi connectivity index (χ1n) is 5.06. The summed E-state index contributed by atoms with van der Waals surface area (Å²) in [5.41, 5.74) is 1.67. The number of hydrogen-bond donors (Lipinski definition) is 1. The Labute approximate surface area is 92.6 Å². The largest absolute Gasteiger partial charge is 0.390 e. The van der Waals surface area contributed by atoms with Crippen molar-refractivity contribution in [1.29, 1.82) is 0 Å². The second-order valence-corrected chi connectivity index (χ2v) is 5.13. The van der Waals surface area contributed by atoms with E-state index < -0.39 is 0 Å². The minimum absolute atomic E-state index is 0.00213. The summed E-state index contributed by atoms with van der Waals surface area (Å²) in [7, 11) is 0. The number of aliphatic hydroxyl groups is 1. The lowest BCUT2D eigenvalue weighted by Crippen LogP contribution is -1.98. The quantitative estimate of drug-likeness (QED) is 0.866. The molecule has 2 aromatic heterocycles. The SMILES string of the molecule is Cc1nc2sc(CC(C)C)nn2c1CO. The number of fused-ring (bicyclic) bond motifs is 1. The Morgan fingerprint density at radius 2 is 2.20 bits per heavy atom. The summed E-state index contributed by atoms with van der Waals surface area (Å²) in [5.74, 6) is 0.597. The number of aryl methyl sites for hydroxylation is 1. The standard InChI is InChI=1S/C10H15N3OS/c1-6(2)4-9-12-13-8(5-14)7(3)11-10(13)15-9/h6,14H,4-5H2,1-3H3. The lowest BCUT2D eigenvalue weighted by atomic mass is 10.1. The molecule has 82 valence electrons. The van der Waals surface area contributed by atoms with Gasteiger partial charge in [-0.25, -0.2) is 9.50 Å². The van der Waals surface area contributed by atoms with Crippen LogP contribution >= 0.6 is 11.3 Å². The highest BCUT2D eigenvalue weighted by molar-refractivity contribution is 7.16. The molecular formula is C10H15N3OS. The number of rotatable bonds is 3. The molecule has 2 heterocycles. The zero-order valence-electron chi connectivity index (χ0n) is 9.19. The normalized spacial score (nSPS) is 11.8. The van der Waals surface area contributed by atoms with Gasteiger partial charge in [-0.2, -0.15) is 5.10 Å². The van der Waals surface area contributed by atoms with Gasteiger partial charge in [-0.1, -0.05) is 25.2 Å². The Kier molecular flexibility index (Phi) is 2.75. The summed E-state index contributed by atoms with van der Waals surface area (Å²) in [6, 6.07) is 0. The number of imidazole rings is 1. The van der Waals surface area contributed by atoms with Gasteiger partial charge in [0.2, 0.25) is 4.96 Å². The molecular weight excluding hydrogens is 210 g/mol. The van der Waals surface area contributed by atoms with E-state index in [0.717, 1.165) is 27.8 Å². The highest BCUT2D eigenvalue weighted by atomic mass is 32.1. The Morgan fingerprint density at radius 1 is 1.47 bits per heavy atom. The highest BCUT2D eigenvalue weighted by Crippen LogP contribution is 2.20. The molecule has 0 unspecified atom stereocenters.